The number of hydrogen-bond donors (Lipinski definition) is 2. The van der Waals surface area contributed by atoms with Gasteiger partial charge in [0.1, 0.15) is 0 Å². The Hall–Kier alpha value is -0.570. The minimum absolute atomic E-state index is 0.185. The van der Waals surface area contributed by atoms with Crippen LogP contribution in [0.25, 0.3) is 0 Å². The van der Waals surface area contributed by atoms with Crippen molar-refractivity contribution < 1.29 is 0 Å². The summed E-state index contributed by atoms with van der Waals surface area (Å²) in [6, 6.07) is 6.86. The van der Waals surface area contributed by atoms with E-state index in [9.17, 15) is 0 Å². The van der Waals surface area contributed by atoms with E-state index in [0.717, 1.165) is 30.0 Å². The summed E-state index contributed by atoms with van der Waals surface area (Å²) in [6.07, 6.45) is 2.30. The number of halogens is 1. The Morgan fingerprint density at radius 2 is 1.80 bits per heavy atom. The molecule has 2 N–H and O–H groups in total. The van der Waals surface area contributed by atoms with Crippen molar-refractivity contribution in [3.8, 4) is 0 Å². The lowest BCUT2D eigenvalue weighted by molar-refractivity contribution is 0.145. The Kier molecular flexibility index (Phi) is 4.48. The topological polar surface area (TPSA) is 24.1 Å². The Bertz CT molecular complexity index is 464. The van der Waals surface area contributed by atoms with Crippen molar-refractivity contribution in [1.82, 2.24) is 10.6 Å². The van der Waals surface area contributed by atoms with Gasteiger partial charge in [0.15, 0.2) is 0 Å². The molecule has 0 spiro atoms. The molecule has 0 aromatic heterocycles. The van der Waals surface area contributed by atoms with Crippen LogP contribution in [0, 0.1) is 6.92 Å². The maximum atomic E-state index is 6.19. The highest BCUT2D eigenvalue weighted by Gasteiger charge is 2.37. The highest BCUT2D eigenvalue weighted by molar-refractivity contribution is 6.31. The zero-order valence-electron chi connectivity index (χ0n) is 13.3. The molecule has 0 saturated carbocycles. The van der Waals surface area contributed by atoms with E-state index in [4.69, 9.17) is 11.6 Å². The second-order valence-corrected chi connectivity index (χ2v) is 7.87. The van der Waals surface area contributed by atoms with Gasteiger partial charge in [-0.25, -0.2) is 0 Å². The van der Waals surface area contributed by atoms with E-state index in [1.165, 1.54) is 5.56 Å². The van der Waals surface area contributed by atoms with E-state index in [-0.39, 0.29) is 11.1 Å². The molecule has 0 atom stereocenters. The Labute approximate surface area is 128 Å². The molecule has 1 fully saturated rings. The van der Waals surface area contributed by atoms with Gasteiger partial charge in [-0.2, -0.15) is 0 Å². The fourth-order valence-corrected chi connectivity index (χ4v) is 3.68. The fraction of sp³-hybridized carbons (Fsp3) is 0.647. The first-order valence-electron chi connectivity index (χ1n) is 7.45. The van der Waals surface area contributed by atoms with Crippen LogP contribution in [0.4, 0.5) is 0 Å². The summed E-state index contributed by atoms with van der Waals surface area (Å²) in [5.41, 5.74) is 2.77. The predicted octanol–water partition coefficient (Wildman–Crippen LogP) is 4.05. The highest BCUT2D eigenvalue weighted by Crippen LogP contribution is 2.28. The molecule has 1 aromatic carbocycles. The van der Waals surface area contributed by atoms with Gasteiger partial charge in [-0.05, 0) is 64.7 Å². The van der Waals surface area contributed by atoms with Gasteiger partial charge in [-0.3, -0.25) is 0 Å². The van der Waals surface area contributed by atoms with E-state index in [1.54, 1.807) is 0 Å². The first-order valence-corrected chi connectivity index (χ1v) is 7.82. The fourth-order valence-electron chi connectivity index (χ4n) is 3.48. The van der Waals surface area contributed by atoms with Gasteiger partial charge >= 0.3 is 0 Å². The smallest absolute Gasteiger partial charge is 0.0438 e. The maximum absolute atomic E-state index is 6.19. The molecule has 20 heavy (non-hydrogen) atoms. The largest absolute Gasteiger partial charge is 0.310 e. The van der Waals surface area contributed by atoms with Crippen molar-refractivity contribution in [2.24, 2.45) is 0 Å². The second-order valence-electron chi connectivity index (χ2n) is 7.46. The molecule has 2 rings (SSSR count). The molecule has 1 aromatic rings. The van der Waals surface area contributed by atoms with Crippen molar-refractivity contribution in [3.63, 3.8) is 0 Å². The molecule has 0 aliphatic carbocycles. The normalized spacial score (nSPS) is 21.9. The minimum Gasteiger partial charge on any atom is -0.310 e. The first kappa shape index (κ1) is 15.8. The van der Waals surface area contributed by atoms with Gasteiger partial charge in [-0.1, -0.05) is 23.7 Å². The van der Waals surface area contributed by atoms with Crippen LogP contribution >= 0.6 is 11.6 Å². The van der Waals surface area contributed by atoms with Crippen LogP contribution < -0.4 is 10.6 Å². The molecule has 1 saturated heterocycles. The number of benzene rings is 1. The third-order valence-electron chi connectivity index (χ3n) is 4.02. The van der Waals surface area contributed by atoms with E-state index in [0.29, 0.717) is 6.04 Å². The van der Waals surface area contributed by atoms with E-state index in [2.05, 4.69) is 56.5 Å². The molecule has 0 radical (unpaired) electrons. The average molecular weight is 295 g/mol. The number of rotatable bonds is 3. The van der Waals surface area contributed by atoms with Crippen molar-refractivity contribution in [2.75, 3.05) is 0 Å². The third-order valence-corrected chi connectivity index (χ3v) is 4.43. The lowest BCUT2D eigenvalue weighted by Crippen LogP contribution is -2.61. The van der Waals surface area contributed by atoms with Gasteiger partial charge in [-0.15, -0.1) is 0 Å². The molecule has 0 unspecified atom stereocenters. The van der Waals surface area contributed by atoms with Gasteiger partial charge in [0, 0.05) is 28.7 Å². The van der Waals surface area contributed by atoms with E-state index in [1.807, 2.05) is 6.92 Å². The van der Waals surface area contributed by atoms with Crippen LogP contribution in [0.1, 0.15) is 51.7 Å². The molecule has 3 heteroatoms. The van der Waals surface area contributed by atoms with Gasteiger partial charge in [0.05, 0.1) is 0 Å². The molecule has 112 valence electrons. The molecule has 1 aliphatic heterocycles. The van der Waals surface area contributed by atoms with Gasteiger partial charge in [0.2, 0.25) is 0 Å². The summed E-state index contributed by atoms with van der Waals surface area (Å²) < 4.78 is 0. The number of hydrogen-bond acceptors (Lipinski definition) is 2. The predicted molar refractivity (Wildman–Crippen MR) is 87.3 cm³/mol. The van der Waals surface area contributed by atoms with Crippen molar-refractivity contribution in [2.45, 2.75) is 71.1 Å². The number of nitrogens with one attached hydrogen (secondary N) is 2. The quantitative estimate of drug-likeness (QED) is 0.879. The molecular weight excluding hydrogens is 268 g/mol. The Morgan fingerprint density at radius 1 is 1.20 bits per heavy atom. The van der Waals surface area contributed by atoms with Crippen LogP contribution in [-0.2, 0) is 6.54 Å². The third kappa shape index (κ3) is 4.21. The summed E-state index contributed by atoms with van der Waals surface area (Å²) in [4.78, 5) is 0. The summed E-state index contributed by atoms with van der Waals surface area (Å²) >= 11 is 6.19. The van der Waals surface area contributed by atoms with Crippen LogP contribution in [0.15, 0.2) is 18.2 Å². The van der Waals surface area contributed by atoms with Gasteiger partial charge in [0.25, 0.3) is 0 Å². The molecule has 0 amide bonds. The molecule has 2 nitrogen and oxygen atoms in total. The summed E-state index contributed by atoms with van der Waals surface area (Å²) in [7, 11) is 0. The van der Waals surface area contributed by atoms with Crippen LogP contribution in [0.2, 0.25) is 5.02 Å². The Morgan fingerprint density at radius 3 is 2.35 bits per heavy atom. The zero-order chi connectivity index (χ0) is 15.0. The molecule has 0 bridgehead atoms. The lowest BCUT2D eigenvalue weighted by atomic mass is 9.79. The van der Waals surface area contributed by atoms with Crippen LogP contribution in [0.5, 0.6) is 0 Å². The SMILES string of the molecule is Cc1ccc(CNC2CC(C)(C)NC(C)(C)C2)cc1Cl. The van der Waals surface area contributed by atoms with Crippen LogP contribution in [-0.4, -0.2) is 17.1 Å². The number of piperidine rings is 1. The molecule has 1 aliphatic rings. The minimum atomic E-state index is 0.185. The molecule has 1 heterocycles. The van der Waals surface area contributed by atoms with Crippen molar-refractivity contribution >= 4 is 11.6 Å². The lowest BCUT2D eigenvalue weighted by Gasteiger charge is -2.46. The first-order chi connectivity index (χ1) is 9.17. The monoisotopic (exact) mass is 294 g/mol. The standard InChI is InChI=1S/C17H27ClN2/c1-12-6-7-13(8-15(12)18)11-19-14-9-16(2,3)20-17(4,5)10-14/h6-8,14,19-20H,9-11H2,1-5H3. The summed E-state index contributed by atoms with van der Waals surface area (Å²) in [6.45, 7) is 12.1. The zero-order valence-corrected chi connectivity index (χ0v) is 14.1. The maximum Gasteiger partial charge on any atom is 0.0438 e. The van der Waals surface area contributed by atoms with E-state index >= 15 is 0 Å². The van der Waals surface area contributed by atoms with Crippen molar-refractivity contribution in [3.05, 3.63) is 34.3 Å². The van der Waals surface area contributed by atoms with Gasteiger partial charge < -0.3 is 10.6 Å². The Balaban J connectivity index is 1.98. The highest BCUT2D eigenvalue weighted by atomic mass is 35.5. The van der Waals surface area contributed by atoms with Crippen LogP contribution in [0.3, 0.4) is 0 Å². The van der Waals surface area contributed by atoms with E-state index < -0.39 is 0 Å². The number of aryl methyl sites for hydroxylation is 1. The molecular formula is C17H27ClN2. The summed E-state index contributed by atoms with van der Waals surface area (Å²) in [5.74, 6) is 0. The average Bonchev–Trinajstić information content (AvgIpc) is 2.27. The van der Waals surface area contributed by atoms with Crippen molar-refractivity contribution in [1.29, 1.82) is 0 Å². The second kappa shape index (κ2) is 5.67. The summed E-state index contributed by atoms with van der Waals surface area (Å²) in [5, 5.41) is 8.27.